The van der Waals surface area contributed by atoms with Gasteiger partial charge in [-0.1, -0.05) is 12.1 Å². The van der Waals surface area contributed by atoms with Gasteiger partial charge in [0.05, 0.1) is 24.4 Å². The van der Waals surface area contributed by atoms with Gasteiger partial charge in [0.25, 0.3) is 0 Å². The lowest BCUT2D eigenvalue weighted by atomic mass is 10.1. The Labute approximate surface area is 119 Å². The molecule has 106 valence electrons. The number of aliphatic imine (C=N–C) groups is 1. The van der Waals surface area contributed by atoms with Gasteiger partial charge in [-0.15, -0.1) is 12.4 Å². The molecule has 0 radical (unpaired) electrons. The molecule has 7 heteroatoms. The predicted molar refractivity (Wildman–Crippen MR) is 73.4 cm³/mol. The van der Waals surface area contributed by atoms with Crippen LogP contribution in [-0.2, 0) is 6.18 Å². The number of allylic oxidation sites excluding steroid dienone is 1. The van der Waals surface area contributed by atoms with Crippen molar-refractivity contribution in [2.75, 3.05) is 13.1 Å². The van der Waals surface area contributed by atoms with E-state index in [9.17, 15) is 13.2 Å². The topological polar surface area (TPSA) is 28.0 Å². The molecule has 0 saturated heterocycles. The molecule has 0 aromatic heterocycles. The van der Waals surface area contributed by atoms with Crippen molar-refractivity contribution < 1.29 is 13.2 Å². The van der Waals surface area contributed by atoms with E-state index in [1.54, 1.807) is 23.2 Å². The molecule has 2 heterocycles. The zero-order chi connectivity index (χ0) is 13.5. The third kappa shape index (κ3) is 2.70. The van der Waals surface area contributed by atoms with Crippen LogP contribution in [0.25, 0.3) is 0 Å². The lowest BCUT2D eigenvalue weighted by Crippen LogP contribution is -2.25. The monoisotopic (exact) mass is 301 g/mol. The van der Waals surface area contributed by atoms with Crippen molar-refractivity contribution in [3.8, 4) is 0 Å². The van der Waals surface area contributed by atoms with E-state index in [1.165, 1.54) is 6.07 Å². The first-order valence-corrected chi connectivity index (χ1v) is 5.80. The standard InChI is InChI=1S/C13H10F3N3.ClH/c14-13(15,16)10-3-1-2-9(8-10)11-4-5-12-17-6-7-19(12)18-11;/h1-5,8H,6-7H2;1H. The highest BCUT2D eigenvalue weighted by molar-refractivity contribution is 6.14. The normalized spacial score (nSPS) is 17.2. The van der Waals surface area contributed by atoms with Gasteiger partial charge in [0, 0.05) is 5.56 Å². The van der Waals surface area contributed by atoms with Crippen molar-refractivity contribution in [2.45, 2.75) is 6.18 Å². The van der Waals surface area contributed by atoms with Gasteiger partial charge in [-0.25, -0.2) is 5.01 Å². The molecular weight excluding hydrogens is 291 g/mol. The quantitative estimate of drug-likeness (QED) is 0.783. The maximum absolute atomic E-state index is 12.7. The number of alkyl halides is 3. The van der Waals surface area contributed by atoms with Gasteiger partial charge in [0.2, 0.25) is 0 Å². The summed E-state index contributed by atoms with van der Waals surface area (Å²) in [6, 6.07) is 5.18. The van der Waals surface area contributed by atoms with Crippen LogP contribution in [0.4, 0.5) is 13.2 Å². The first-order valence-electron chi connectivity index (χ1n) is 5.80. The molecule has 0 aliphatic carbocycles. The molecule has 0 unspecified atom stereocenters. The van der Waals surface area contributed by atoms with Crippen LogP contribution in [0.2, 0.25) is 0 Å². The number of benzene rings is 1. The molecule has 0 saturated carbocycles. The zero-order valence-corrected chi connectivity index (χ0v) is 11.1. The lowest BCUT2D eigenvalue weighted by molar-refractivity contribution is -0.137. The molecule has 0 spiro atoms. The maximum atomic E-state index is 12.7. The molecular formula is C13H11ClF3N3. The molecule has 3 nitrogen and oxygen atoms in total. The smallest absolute Gasteiger partial charge is 0.265 e. The summed E-state index contributed by atoms with van der Waals surface area (Å²) < 4.78 is 38.0. The first-order chi connectivity index (χ1) is 9.04. The summed E-state index contributed by atoms with van der Waals surface area (Å²) in [5, 5.41) is 6.01. The molecule has 0 fully saturated rings. The summed E-state index contributed by atoms with van der Waals surface area (Å²) in [4.78, 5) is 4.21. The molecule has 0 atom stereocenters. The van der Waals surface area contributed by atoms with E-state index in [1.807, 2.05) is 0 Å². The minimum absolute atomic E-state index is 0. The SMILES string of the molecule is Cl.FC(F)(F)c1cccc(C2=NN3CCN=C3C=C2)c1. The Hall–Kier alpha value is -1.82. The van der Waals surface area contributed by atoms with E-state index in [-0.39, 0.29) is 12.4 Å². The van der Waals surface area contributed by atoms with Crippen LogP contribution in [0.5, 0.6) is 0 Å². The van der Waals surface area contributed by atoms with Crippen LogP contribution in [0.15, 0.2) is 46.5 Å². The van der Waals surface area contributed by atoms with Crippen LogP contribution in [-0.4, -0.2) is 29.6 Å². The van der Waals surface area contributed by atoms with Crippen LogP contribution in [0.3, 0.4) is 0 Å². The third-order valence-electron chi connectivity index (χ3n) is 2.95. The van der Waals surface area contributed by atoms with Crippen LogP contribution < -0.4 is 0 Å². The van der Waals surface area contributed by atoms with Gasteiger partial charge < -0.3 is 0 Å². The number of nitrogens with zero attached hydrogens (tertiary/aromatic N) is 3. The highest BCUT2D eigenvalue weighted by Crippen LogP contribution is 2.30. The summed E-state index contributed by atoms with van der Waals surface area (Å²) in [5.41, 5.74) is 0.311. The maximum Gasteiger partial charge on any atom is 0.416 e. The second-order valence-corrected chi connectivity index (χ2v) is 4.26. The molecule has 3 rings (SSSR count). The van der Waals surface area contributed by atoms with Crippen molar-refractivity contribution in [3.05, 3.63) is 47.5 Å². The lowest BCUT2D eigenvalue weighted by Gasteiger charge is -2.18. The predicted octanol–water partition coefficient (Wildman–Crippen LogP) is 3.12. The number of hydrazone groups is 1. The van der Waals surface area contributed by atoms with Gasteiger partial charge >= 0.3 is 6.18 Å². The van der Waals surface area contributed by atoms with E-state index in [4.69, 9.17) is 0 Å². The second-order valence-electron chi connectivity index (χ2n) is 4.26. The molecule has 0 bridgehead atoms. The number of fused-ring (bicyclic) bond motifs is 1. The first kappa shape index (κ1) is 14.6. The molecule has 1 aromatic rings. The molecule has 20 heavy (non-hydrogen) atoms. The van der Waals surface area contributed by atoms with Crippen LogP contribution >= 0.6 is 12.4 Å². The molecule has 2 aliphatic rings. The van der Waals surface area contributed by atoms with E-state index in [0.29, 0.717) is 24.4 Å². The average Bonchev–Trinajstić information content (AvgIpc) is 2.85. The van der Waals surface area contributed by atoms with Gasteiger partial charge in [0.15, 0.2) is 0 Å². The van der Waals surface area contributed by atoms with Crippen molar-refractivity contribution in [3.63, 3.8) is 0 Å². The van der Waals surface area contributed by atoms with E-state index in [2.05, 4.69) is 10.1 Å². The molecule has 1 aromatic carbocycles. The Morgan fingerprint density at radius 3 is 2.70 bits per heavy atom. The van der Waals surface area contributed by atoms with Gasteiger partial charge in [-0.2, -0.15) is 18.3 Å². The number of hydrogen-bond donors (Lipinski definition) is 0. The summed E-state index contributed by atoms with van der Waals surface area (Å²) >= 11 is 0. The van der Waals surface area contributed by atoms with Crippen LogP contribution in [0.1, 0.15) is 11.1 Å². The average molecular weight is 302 g/mol. The van der Waals surface area contributed by atoms with Gasteiger partial charge in [-0.05, 0) is 24.3 Å². The molecule has 2 aliphatic heterocycles. The minimum Gasteiger partial charge on any atom is -0.265 e. The Morgan fingerprint density at radius 2 is 1.95 bits per heavy atom. The number of halogens is 4. The minimum atomic E-state index is -4.34. The molecule has 0 N–H and O–H groups in total. The second kappa shape index (κ2) is 5.28. The van der Waals surface area contributed by atoms with Gasteiger partial charge in [0.1, 0.15) is 5.84 Å². The fourth-order valence-corrected chi connectivity index (χ4v) is 2.02. The summed E-state index contributed by atoms with van der Waals surface area (Å²) in [7, 11) is 0. The Bertz CT molecular complexity index is 605. The highest BCUT2D eigenvalue weighted by atomic mass is 35.5. The fraction of sp³-hybridized carbons (Fsp3) is 0.231. The van der Waals surface area contributed by atoms with Crippen molar-refractivity contribution in [1.29, 1.82) is 0 Å². The van der Waals surface area contributed by atoms with Gasteiger partial charge in [-0.3, -0.25) is 4.99 Å². The highest BCUT2D eigenvalue weighted by Gasteiger charge is 2.30. The molecule has 0 amide bonds. The largest absolute Gasteiger partial charge is 0.416 e. The Morgan fingerprint density at radius 1 is 1.15 bits per heavy atom. The van der Waals surface area contributed by atoms with Crippen molar-refractivity contribution >= 4 is 24.0 Å². The van der Waals surface area contributed by atoms with E-state index < -0.39 is 11.7 Å². The summed E-state index contributed by atoms with van der Waals surface area (Å²) in [6.45, 7) is 1.33. The number of rotatable bonds is 1. The van der Waals surface area contributed by atoms with Crippen molar-refractivity contribution in [2.24, 2.45) is 10.1 Å². The Kier molecular flexibility index (Phi) is 3.85. The van der Waals surface area contributed by atoms with Crippen LogP contribution in [0, 0.1) is 0 Å². The Balaban J connectivity index is 0.00000147. The number of amidine groups is 1. The fourth-order valence-electron chi connectivity index (χ4n) is 2.02. The van der Waals surface area contributed by atoms with Crippen molar-refractivity contribution in [1.82, 2.24) is 5.01 Å². The third-order valence-corrected chi connectivity index (χ3v) is 2.95. The summed E-state index contributed by atoms with van der Waals surface area (Å²) in [6.07, 6.45) is -0.874. The van der Waals surface area contributed by atoms with E-state index >= 15 is 0 Å². The zero-order valence-electron chi connectivity index (χ0n) is 10.3. The van der Waals surface area contributed by atoms with E-state index in [0.717, 1.165) is 18.0 Å². The number of hydrogen-bond acceptors (Lipinski definition) is 3. The summed E-state index contributed by atoms with van der Waals surface area (Å²) in [5.74, 6) is 0.760.